The molecule has 106 valence electrons. The number of carbonyl (C=O) groups excluding carboxylic acids is 1. The van der Waals surface area contributed by atoms with Crippen molar-refractivity contribution in [3.8, 4) is 11.5 Å². The average Bonchev–Trinajstić information content (AvgIpc) is 2.34. The van der Waals surface area contributed by atoms with Crippen molar-refractivity contribution in [3.63, 3.8) is 0 Å². The summed E-state index contributed by atoms with van der Waals surface area (Å²) in [5.41, 5.74) is 0.273. The standard InChI is InChI=1S/C12H17NO5S/c1-13(6-7-19(3,16)17)12(15)9-4-5-11(18-2)10(14)8-9/h4-5,8,14H,6-7H2,1-3H3. The third kappa shape index (κ3) is 4.44. The van der Waals surface area contributed by atoms with Crippen LogP contribution in [0.5, 0.6) is 11.5 Å². The average molecular weight is 287 g/mol. The van der Waals surface area contributed by atoms with E-state index in [1.54, 1.807) is 0 Å². The molecule has 1 amide bonds. The lowest BCUT2D eigenvalue weighted by molar-refractivity contribution is 0.0803. The minimum absolute atomic E-state index is 0.0998. The second-order valence-electron chi connectivity index (χ2n) is 4.24. The van der Waals surface area contributed by atoms with Crippen LogP contribution in [0, 0.1) is 0 Å². The van der Waals surface area contributed by atoms with Crippen molar-refractivity contribution in [1.82, 2.24) is 4.90 Å². The minimum Gasteiger partial charge on any atom is -0.504 e. The predicted molar refractivity (Wildman–Crippen MR) is 71.3 cm³/mol. The molecule has 0 saturated heterocycles. The van der Waals surface area contributed by atoms with Gasteiger partial charge in [0.2, 0.25) is 0 Å². The highest BCUT2D eigenvalue weighted by Gasteiger charge is 2.15. The van der Waals surface area contributed by atoms with Crippen molar-refractivity contribution in [2.75, 3.05) is 32.7 Å². The lowest BCUT2D eigenvalue weighted by Crippen LogP contribution is -2.31. The highest BCUT2D eigenvalue weighted by molar-refractivity contribution is 7.90. The monoisotopic (exact) mass is 287 g/mol. The number of amides is 1. The molecule has 0 aliphatic carbocycles. The molecule has 0 aliphatic heterocycles. The molecule has 1 aromatic rings. The van der Waals surface area contributed by atoms with E-state index >= 15 is 0 Å². The molecule has 0 atom stereocenters. The van der Waals surface area contributed by atoms with Gasteiger partial charge in [-0.2, -0.15) is 0 Å². The van der Waals surface area contributed by atoms with E-state index in [2.05, 4.69) is 0 Å². The third-order valence-corrected chi connectivity index (χ3v) is 3.49. The second-order valence-corrected chi connectivity index (χ2v) is 6.50. The Kier molecular flexibility index (Phi) is 4.77. The van der Waals surface area contributed by atoms with Gasteiger partial charge in [0, 0.05) is 25.4 Å². The van der Waals surface area contributed by atoms with Crippen LogP contribution in [0.15, 0.2) is 18.2 Å². The van der Waals surface area contributed by atoms with Gasteiger partial charge < -0.3 is 14.7 Å². The first-order valence-corrected chi connectivity index (χ1v) is 7.61. The Hall–Kier alpha value is -1.76. The fraction of sp³-hybridized carbons (Fsp3) is 0.417. The van der Waals surface area contributed by atoms with Crippen LogP contribution in [0.25, 0.3) is 0 Å². The number of sulfone groups is 1. The number of hydrogen-bond donors (Lipinski definition) is 1. The van der Waals surface area contributed by atoms with Gasteiger partial charge in [0.15, 0.2) is 11.5 Å². The smallest absolute Gasteiger partial charge is 0.253 e. The molecule has 0 radical (unpaired) electrons. The quantitative estimate of drug-likeness (QED) is 0.853. The maximum atomic E-state index is 12.0. The number of phenolic OH excluding ortho intramolecular Hbond substituents is 1. The minimum atomic E-state index is -3.12. The number of hydrogen-bond acceptors (Lipinski definition) is 5. The Bertz CT molecular complexity index is 567. The predicted octanol–water partition coefficient (Wildman–Crippen LogP) is 0.517. The van der Waals surface area contributed by atoms with Gasteiger partial charge in [-0.15, -0.1) is 0 Å². The van der Waals surface area contributed by atoms with Crippen molar-refractivity contribution in [1.29, 1.82) is 0 Å². The van der Waals surface area contributed by atoms with Gasteiger partial charge in [-0.1, -0.05) is 0 Å². The number of aromatic hydroxyl groups is 1. The molecule has 0 aromatic heterocycles. The number of rotatable bonds is 5. The van der Waals surface area contributed by atoms with Crippen LogP contribution in [0.3, 0.4) is 0 Å². The zero-order valence-electron chi connectivity index (χ0n) is 11.1. The first-order valence-electron chi connectivity index (χ1n) is 5.55. The highest BCUT2D eigenvalue weighted by atomic mass is 32.2. The van der Waals surface area contributed by atoms with Crippen LogP contribution >= 0.6 is 0 Å². The first kappa shape index (κ1) is 15.3. The Balaban J connectivity index is 2.80. The Labute approximate surface area is 112 Å². The van der Waals surface area contributed by atoms with Crippen LogP contribution in [0.1, 0.15) is 10.4 Å². The van der Waals surface area contributed by atoms with Gasteiger partial charge in [0.25, 0.3) is 5.91 Å². The van der Waals surface area contributed by atoms with Crippen LogP contribution in [-0.4, -0.2) is 57.0 Å². The topological polar surface area (TPSA) is 83.9 Å². The number of nitrogens with zero attached hydrogens (tertiary/aromatic N) is 1. The largest absolute Gasteiger partial charge is 0.504 e. The normalized spacial score (nSPS) is 11.1. The van der Waals surface area contributed by atoms with Gasteiger partial charge in [-0.3, -0.25) is 4.79 Å². The molecule has 0 heterocycles. The molecule has 1 rings (SSSR count). The van der Waals surface area contributed by atoms with E-state index in [-0.39, 0.29) is 35.3 Å². The molecule has 0 spiro atoms. The van der Waals surface area contributed by atoms with E-state index in [4.69, 9.17) is 4.74 Å². The summed E-state index contributed by atoms with van der Waals surface area (Å²) >= 11 is 0. The first-order chi connectivity index (χ1) is 8.74. The van der Waals surface area contributed by atoms with Crippen molar-refractivity contribution in [3.05, 3.63) is 23.8 Å². The summed E-state index contributed by atoms with van der Waals surface area (Å²) < 4.78 is 27.0. The molecule has 19 heavy (non-hydrogen) atoms. The lowest BCUT2D eigenvalue weighted by atomic mass is 10.2. The fourth-order valence-corrected chi connectivity index (χ4v) is 2.05. The molecular formula is C12H17NO5S. The summed E-state index contributed by atoms with van der Waals surface area (Å²) in [7, 11) is -0.197. The number of phenols is 1. The van der Waals surface area contributed by atoms with Gasteiger partial charge in [-0.05, 0) is 18.2 Å². The van der Waals surface area contributed by atoms with Gasteiger partial charge in [0.1, 0.15) is 9.84 Å². The number of methoxy groups -OCH3 is 1. The SMILES string of the molecule is COc1ccc(C(=O)N(C)CCS(C)(=O)=O)cc1O. The van der Waals surface area contributed by atoms with E-state index in [1.165, 1.54) is 37.3 Å². The summed E-state index contributed by atoms with van der Waals surface area (Å²) in [6.45, 7) is 0.102. The summed E-state index contributed by atoms with van der Waals surface area (Å²) in [4.78, 5) is 13.3. The van der Waals surface area contributed by atoms with E-state index in [9.17, 15) is 18.3 Å². The molecule has 0 unspecified atom stereocenters. The lowest BCUT2D eigenvalue weighted by Gasteiger charge is -2.17. The summed E-state index contributed by atoms with van der Waals surface area (Å²) in [5, 5.41) is 9.59. The van der Waals surface area contributed by atoms with E-state index in [1.807, 2.05) is 0 Å². The summed E-state index contributed by atoms with van der Waals surface area (Å²) in [5.74, 6) is -0.320. The maximum Gasteiger partial charge on any atom is 0.253 e. The zero-order valence-corrected chi connectivity index (χ0v) is 11.9. The molecule has 0 bridgehead atoms. The van der Waals surface area contributed by atoms with Gasteiger partial charge >= 0.3 is 0 Å². The Morgan fingerprint density at radius 2 is 2.05 bits per heavy atom. The van der Waals surface area contributed by atoms with E-state index in [0.29, 0.717) is 0 Å². The molecule has 0 aliphatic rings. The second kappa shape index (κ2) is 5.92. The number of ether oxygens (including phenoxy) is 1. The van der Waals surface area contributed by atoms with Gasteiger partial charge in [-0.25, -0.2) is 8.42 Å². The Morgan fingerprint density at radius 3 is 2.53 bits per heavy atom. The summed E-state index contributed by atoms with van der Waals surface area (Å²) in [6.07, 6.45) is 1.12. The van der Waals surface area contributed by atoms with Crippen LogP contribution in [0.2, 0.25) is 0 Å². The third-order valence-electron chi connectivity index (χ3n) is 2.57. The van der Waals surface area contributed by atoms with Crippen molar-refractivity contribution in [2.45, 2.75) is 0 Å². The van der Waals surface area contributed by atoms with E-state index < -0.39 is 9.84 Å². The summed E-state index contributed by atoms with van der Waals surface area (Å²) in [6, 6.07) is 4.28. The van der Waals surface area contributed by atoms with Gasteiger partial charge in [0.05, 0.1) is 12.9 Å². The number of benzene rings is 1. The molecule has 6 nitrogen and oxygen atoms in total. The van der Waals surface area contributed by atoms with Crippen LogP contribution < -0.4 is 4.74 Å². The number of carbonyl (C=O) groups is 1. The van der Waals surface area contributed by atoms with Crippen molar-refractivity contribution in [2.24, 2.45) is 0 Å². The molecule has 0 saturated carbocycles. The molecule has 1 aromatic carbocycles. The van der Waals surface area contributed by atoms with Crippen molar-refractivity contribution < 1.29 is 23.1 Å². The van der Waals surface area contributed by atoms with Crippen molar-refractivity contribution >= 4 is 15.7 Å². The molecule has 1 N–H and O–H groups in total. The zero-order chi connectivity index (χ0) is 14.6. The molecular weight excluding hydrogens is 270 g/mol. The Morgan fingerprint density at radius 1 is 1.42 bits per heavy atom. The molecule has 7 heteroatoms. The molecule has 0 fully saturated rings. The maximum absolute atomic E-state index is 12.0. The fourth-order valence-electron chi connectivity index (χ4n) is 1.45. The van der Waals surface area contributed by atoms with Crippen LogP contribution in [-0.2, 0) is 9.84 Å². The van der Waals surface area contributed by atoms with Crippen LogP contribution in [0.4, 0.5) is 0 Å². The highest BCUT2D eigenvalue weighted by Crippen LogP contribution is 2.26. The van der Waals surface area contributed by atoms with E-state index in [0.717, 1.165) is 6.26 Å².